The molecule has 0 aliphatic rings. The number of ether oxygens (including phenoxy) is 2. The number of methoxy groups -OCH3 is 2. The van der Waals surface area contributed by atoms with Crippen LogP contribution in [0.3, 0.4) is 0 Å². The fraction of sp³-hybridized carbons (Fsp3) is 0.238. The zero-order chi connectivity index (χ0) is 22.4. The summed E-state index contributed by atoms with van der Waals surface area (Å²) in [5.41, 5.74) is 2.21. The number of carbonyl (C=O) groups excluding carboxylic acids is 1. The van der Waals surface area contributed by atoms with E-state index in [0.29, 0.717) is 28.1 Å². The Hall–Kier alpha value is -3.53. The van der Waals surface area contributed by atoms with Crippen molar-refractivity contribution >= 4 is 28.6 Å². The SMILES string of the molecule is COC(=O)/N=C(\SC)C(Nc1ccc(-c2noc(C)n2)cc1)c1cc(O)cc(OC)c1. The summed E-state index contributed by atoms with van der Waals surface area (Å²) in [6.45, 7) is 1.73. The molecule has 10 heteroatoms. The first-order valence-electron chi connectivity index (χ1n) is 9.19. The molecule has 1 atom stereocenters. The Morgan fingerprint density at radius 2 is 1.97 bits per heavy atom. The minimum Gasteiger partial charge on any atom is -0.508 e. The van der Waals surface area contributed by atoms with Crippen molar-refractivity contribution < 1.29 is 23.9 Å². The third-order valence-electron chi connectivity index (χ3n) is 4.30. The van der Waals surface area contributed by atoms with Crippen molar-refractivity contribution in [3.8, 4) is 22.9 Å². The van der Waals surface area contributed by atoms with Crippen LogP contribution in [0.2, 0.25) is 0 Å². The fourth-order valence-electron chi connectivity index (χ4n) is 2.84. The van der Waals surface area contributed by atoms with Gasteiger partial charge >= 0.3 is 6.09 Å². The molecule has 9 nitrogen and oxygen atoms in total. The van der Waals surface area contributed by atoms with Gasteiger partial charge in [-0.1, -0.05) is 5.16 Å². The van der Waals surface area contributed by atoms with Crippen LogP contribution in [0.5, 0.6) is 11.5 Å². The van der Waals surface area contributed by atoms with E-state index in [1.54, 1.807) is 25.3 Å². The lowest BCUT2D eigenvalue weighted by atomic mass is 10.1. The van der Waals surface area contributed by atoms with E-state index in [1.807, 2.05) is 24.3 Å². The molecule has 1 amide bonds. The van der Waals surface area contributed by atoms with E-state index in [9.17, 15) is 9.90 Å². The van der Waals surface area contributed by atoms with Crippen LogP contribution in [-0.2, 0) is 4.74 Å². The van der Waals surface area contributed by atoms with E-state index in [4.69, 9.17) is 9.26 Å². The summed E-state index contributed by atoms with van der Waals surface area (Å²) in [5.74, 6) is 1.49. The van der Waals surface area contributed by atoms with Gasteiger partial charge in [0.05, 0.1) is 14.2 Å². The third-order valence-corrected chi connectivity index (χ3v) is 5.04. The van der Waals surface area contributed by atoms with Crippen molar-refractivity contribution in [2.75, 3.05) is 25.8 Å². The molecule has 0 saturated carbocycles. The first-order chi connectivity index (χ1) is 14.9. The highest BCUT2D eigenvalue weighted by molar-refractivity contribution is 8.13. The van der Waals surface area contributed by atoms with Gasteiger partial charge in [-0.3, -0.25) is 0 Å². The summed E-state index contributed by atoms with van der Waals surface area (Å²) in [6.07, 6.45) is 1.09. The van der Waals surface area contributed by atoms with Gasteiger partial charge in [0.1, 0.15) is 22.6 Å². The Labute approximate surface area is 183 Å². The van der Waals surface area contributed by atoms with Crippen LogP contribution >= 0.6 is 11.8 Å². The lowest BCUT2D eigenvalue weighted by Gasteiger charge is -2.22. The number of amides is 1. The number of nitrogens with zero attached hydrogens (tertiary/aromatic N) is 3. The lowest BCUT2D eigenvalue weighted by molar-refractivity contribution is 0.182. The number of hydrogen-bond donors (Lipinski definition) is 2. The van der Waals surface area contributed by atoms with Gasteiger partial charge in [0.2, 0.25) is 11.7 Å². The number of phenolic OH excluding ortho intramolecular Hbond substituents is 1. The maximum absolute atomic E-state index is 11.8. The van der Waals surface area contributed by atoms with Gasteiger partial charge in [0.25, 0.3) is 0 Å². The number of hydrogen-bond acceptors (Lipinski definition) is 9. The number of aryl methyl sites for hydroxylation is 1. The van der Waals surface area contributed by atoms with Crippen molar-refractivity contribution in [1.29, 1.82) is 0 Å². The number of phenols is 1. The van der Waals surface area contributed by atoms with Crippen LogP contribution < -0.4 is 10.1 Å². The molecule has 0 aliphatic heterocycles. The minimum atomic E-state index is -0.717. The Kier molecular flexibility index (Phi) is 7.14. The molecule has 0 bridgehead atoms. The Morgan fingerprint density at radius 1 is 1.23 bits per heavy atom. The predicted molar refractivity (Wildman–Crippen MR) is 119 cm³/mol. The number of rotatable bonds is 6. The fourth-order valence-corrected chi connectivity index (χ4v) is 3.44. The molecule has 1 unspecified atom stereocenters. The van der Waals surface area contributed by atoms with Gasteiger partial charge in [-0.15, -0.1) is 11.8 Å². The molecule has 3 aromatic rings. The Morgan fingerprint density at radius 3 is 2.55 bits per heavy atom. The molecule has 1 aromatic heterocycles. The first-order valence-corrected chi connectivity index (χ1v) is 10.4. The molecule has 0 aliphatic carbocycles. The van der Waals surface area contributed by atoms with Gasteiger partial charge in [-0.25, -0.2) is 4.79 Å². The Bertz CT molecular complexity index is 1080. The van der Waals surface area contributed by atoms with Crippen LogP contribution in [0, 0.1) is 6.92 Å². The lowest BCUT2D eigenvalue weighted by Crippen LogP contribution is -2.20. The number of carbonyl (C=O) groups is 1. The smallest absolute Gasteiger partial charge is 0.434 e. The summed E-state index contributed by atoms with van der Waals surface area (Å²) in [5, 5.41) is 17.8. The normalized spacial score (nSPS) is 12.3. The number of aliphatic imine (C=N–C) groups is 1. The van der Waals surface area contributed by atoms with Gasteiger partial charge in [0.15, 0.2) is 0 Å². The van der Waals surface area contributed by atoms with Gasteiger partial charge in [-0.2, -0.15) is 9.98 Å². The van der Waals surface area contributed by atoms with Crippen molar-refractivity contribution in [3.63, 3.8) is 0 Å². The van der Waals surface area contributed by atoms with Crippen molar-refractivity contribution in [3.05, 3.63) is 53.9 Å². The van der Waals surface area contributed by atoms with Crippen LogP contribution in [0.15, 0.2) is 52.0 Å². The molecule has 0 radical (unpaired) electrons. The molecule has 1 heterocycles. The second-order valence-corrected chi connectivity index (χ2v) is 7.21. The van der Waals surface area contributed by atoms with Crippen molar-refractivity contribution in [2.45, 2.75) is 13.0 Å². The van der Waals surface area contributed by atoms with Gasteiger partial charge in [0, 0.05) is 24.2 Å². The van der Waals surface area contributed by atoms with E-state index < -0.39 is 12.1 Å². The number of thioether (sulfide) groups is 1. The minimum absolute atomic E-state index is 0.0301. The van der Waals surface area contributed by atoms with Crippen LogP contribution in [-0.4, -0.2) is 46.9 Å². The maximum Gasteiger partial charge on any atom is 0.434 e. The summed E-state index contributed by atoms with van der Waals surface area (Å²) in [4.78, 5) is 20.1. The highest BCUT2D eigenvalue weighted by Gasteiger charge is 2.21. The number of aromatic nitrogens is 2. The second-order valence-electron chi connectivity index (χ2n) is 6.38. The number of benzene rings is 2. The zero-order valence-electron chi connectivity index (χ0n) is 17.4. The highest BCUT2D eigenvalue weighted by Crippen LogP contribution is 2.32. The molecule has 31 heavy (non-hydrogen) atoms. The average molecular weight is 442 g/mol. The summed E-state index contributed by atoms with van der Waals surface area (Å²) >= 11 is 1.29. The maximum atomic E-state index is 11.8. The molecular formula is C21H22N4O5S. The number of nitrogens with one attached hydrogen (secondary N) is 1. The summed E-state index contributed by atoms with van der Waals surface area (Å²) in [7, 11) is 2.78. The first kappa shape index (κ1) is 22.2. The van der Waals surface area contributed by atoms with Crippen molar-refractivity contribution in [2.24, 2.45) is 4.99 Å². The monoisotopic (exact) mass is 442 g/mol. The van der Waals surface area contributed by atoms with E-state index in [2.05, 4.69) is 25.2 Å². The molecule has 2 N–H and O–H groups in total. The molecule has 162 valence electrons. The number of anilines is 1. The van der Waals surface area contributed by atoms with Gasteiger partial charge in [-0.05, 0) is 48.2 Å². The predicted octanol–water partition coefficient (Wildman–Crippen LogP) is 4.44. The average Bonchev–Trinajstić information content (AvgIpc) is 3.22. The largest absolute Gasteiger partial charge is 0.508 e. The standard InChI is InChI=1S/C21H22N4O5S/c1-12-22-19(25-30-12)13-5-7-15(8-6-13)23-18(20(31-4)24-21(27)29-3)14-9-16(26)11-17(10-14)28-2/h5-11,18,23,26H,1-4H3/b24-20-. The third kappa shape index (κ3) is 5.54. The molecule has 0 spiro atoms. The highest BCUT2D eigenvalue weighted by atomic mass is 32.2. The number of aromatic hydroxyl groups is 1. The van der Waals surface area contributed by atoms with Crippen molar-refractivity contribution in [1.82, 2.24) is 10.1 Å². The van der Waals surface area contributed by atoms with E-state index in [1.165, 1.54) is 32.0 Å². The molecule has 0 saturated heterocycles. The summed E-state index contributed by atoms with van der Waals surface area (Å²) in [6, 6.07) is 11.7. The van der Waals surface area contributed by atoms with E-state index in [-0.39, 0.29) is 5.75 Å². The molecule has 0 fully saturated rings. The van der Waals surface area contributed by atoms with Gasteiger partial charge < -0.3 is 24.4 Å². The molecule has 2 aromatic carbocycles. The topological polar surface area (TPSA) is 119 Å². The van der Waals surface area contributed by atoms with Crippen LogP contribution in [0.4, 0.5) is 10.5 Å². The zero-order valence-corrected chi connectivity index (χ0v) is 18.3. The quantitative estimate of drug-likeness (QED) is 0.422. The molecular weight excluding hydrogens is 420 g/mol. The van der Waals surface area contributed by atoms with E-state index >= 15 is 0 Å². The van der Waals surface area contributed by atoms with Crippen LogP contribution in [0.25, 0.3) is 11.4 Å². The molecule has 3 rings (SSSR count). The summed E-state index contributed by atoms with van der Waals surface area (Å²) < 4.78 is 15.0. The Balaban J connectivity index is 1.97. The van der Waals surface area contributed by atoms with E-state index in [0.717, 1.165) is 11.3 Å². The second kappa shape index (κ2) is 9.98. The van der Waals surface area contributed by atoms with Crippen LogP contribution in [0.1, 0.15) is 17.5 Å².